The Morgan fingerprint density at radius 2 is 2.00 bits per heavy atom. The minimum Gasteiger partial charge on any atom is -0.305 e. The van der Waals surface area contributed by atoms with Crippen LogP contribution in [0.15, 0.2) is 36.4 Å². The molecule has 0 spiro atoms. The molecule has 4 heteroatoms. The van der Waals surface area contributed by atoms with Crippen molar-refractivity contribution in [2.75, 3.05) is 6.54 Å². The molecule has 106 valence electrons. The minimum absolute atomic E-state index is 0.365. The molecule has 0 fully saturated rings. The molecule has 0 aliphatic heterocycles. The minimum atomic E-state index is -0.572. The highest BCUT2D eigenvalue weighted by Crippen LogP contribution is 2.24. The standard InChI is InChI=1S/C16H18F2N2/c1-3-9-19-16(15-6-4-5-11(2)20-15)13-8-7-12(17)10-14(13)18/h4-8,10,16,19H,3,9H2,1-2H3. The Morgan fingerprint density at radius 3 is 2.65 bits per heavy atom. The van der Waals surface area contributed by atoms with E-state index in [1.54, 1.807) is 0 Å². The summed E-state index contributed by atoms with van der Waals surface area (Å²) in [4.78, 5) is 4.44. The number of hydrogen-bond donors (Lipinski definition) is 1. The molecular formula is C16H18F2N2. The lowest BCUT2D eigenvalue weighted by molar-refractivity contribution is 0.526. The maximum Gasteiger partial charge on any atom is 0.131 e. The van der Waals surface area contributed by atoms with Crippen molar-refractivity contribution >= 4 is 0 Å². The lowest BCUT2D eigenvalue weighted by atomic mass is 10.0. The van der Waals surface area contributed by atoms with Crippen molar-refractivity contribution in [3.8, 4) is 0 Å². The normalized spacial score (nSPS) is 12.4. The number of rotatable bonds is 5. The highest BCUT2D eigenvalue weighted by Gasteiger charge is 2.19. The third-order valence-corrected chi connectivity index (χ3v) is 3.08. The molecule has 0 bridgehead atoms. The van der Waals surface area contributed by atoms with Crippen LogP contribution in [0.3, 0.4) is 0 Å². The van der Waals surface area contributed by atoms with Crippen LogP contribution in [0.25, 0.3) is 0 Å². The van der Waals surface area contributed by atoms with Gasteiger partial charge in [0.15, 0.2) is 0 Å². The summed E-state index contributed by atoms with van der Waals surface area (Å²) in [5.74, 6) is -1.13. The first-order valence-electron chi connectivity index (χ1n) is 6.73. The number of benzene rings is 1. The number of halogens is 2. The van der Waals surface area contributed by atoms with Crippen molar-refractivity contribution in [1.82, 2.24) is 10.3 Å². The number of aryl methyl sites for hydroxylation is 1. The summed E-state index contributed by atoms with van der Waals surface area (Å²) in [7, 11) is 0. The van der Waals surface area contributed by atoms with Crippen LogP contribution in [0, 0.1) is 18.6 Å². The van der Waals surface area contributed by atoms with Crippen molar-refractivity contribution < 1.29 is 8.78 Å². The summed E-state index contributed by atoms with van der Waals surface area (Å²) in [5.41, 5.74) is 2.02. The fraction of sp³-hybridized carbons (Fsp3) is 0.312. The monoisotopic (exact) mass is 276 g/mol. The van der Waals surface area contributed by atoms with Gasteiger partial charge in [0.25, 0.3) is 0 Å². The smallest absolute Gasteiger partial charge is 0.131 e. The lowest BCUT2D eigenvalue weighted by Crippen LogP contribution is -2.25. The molecule has 0 amide bonds. The van der Waals surface area contributed by atoms with Crippen molar-refractivity contribution in [3.05, 3.63) is 65.0 Å². The lowest BCUT2D eigenvalue weighted by Gasteiger charge is -2.19. The quantitative estimate of drug-likeness (QED) is 0.899. The van der Waals surface area contributed by atoms with Gasteiger partial charge in [-0.25, -0.2) is 8.78 Å². The van der Waals surface area contributed by atoms with Gasteiger partial charge in [0, 0.05) is 17.3 Å². The van der Waals surface area contributed by atoms with Gasteiger partial charge in [0.2, 0.25) is 0 Å². The van der Waals surface area contributed by atoms with E-state index in [9.17, 15) is 8.78 Å². The number of nitrogens with one attached hydrogen (secondary N) is 1. The summed E-state index contributed by atoms with van der Waals surface area (Å²) in [6, 6.07) is 8.92. The summed E-state index contributed by atoms with van der Waals surface area (Å²) < 4.78 is 27.1. The third kappa shape index (κ3) is 3.39. The molecule has 1 atom stereocenters. The van der Waals surface area contributed by atoms with Crippen LogP contribution in [-0.4, -0.2) is 11.5 Å². The predicted octanol–water partition coefficient (Wildman–Crippen LogP) is 3.76. The van der Waals surface area contributed by atoms with Crippen LogP contribution in [0.1, 0.15) is 36.3 Å². The Labute approximate surface area is 117 Å². The first kappa shape index (κ1) is 14.6. The summed E-state index contributed by atoms with van der Waals surface area (Å²) in [6.07, 6.45) is 0.922. The topological polar surface area (TPSA) is 24.9 Å². The van der Waals surface area contributed by atoms with Crippen molar-refractivity contribution in [1.29, 1.82) is 0 Å². The van der Waals surface area contributed by atoms with Gasteiger partial charge in [-0.05, 0) is 38.1 Å². The fourth-order valence-electron chi connectivity index (χ4n) is 2.12. The van der Waals surface area contributed by atoms with Crippen molar-refractivity contribution in [2.45, 2.75) is 26.3 Å². The van der Waals surface area contributed by atoms with Gasteiger partial charge in [-0.3, -0.25) is 4.98 Å². The summed E-state index contributed by atoms with van der Waals surface area (Å²) in [5, 5.41) is 3.26. The van der Waals surface area contributed by atoms with Gasteiger partial charge in [0.1, 0.15) is 11.6 Å². The van der Waals surface area contributed by atoms with E-state index in [-0.39, 0.29) is 6.04 Å². The average Bonchev–Trinajstić information content (AvgIpc) is 2.41. The van der Waals surface area contributed by atoms with E-state index >= 15 is 0 Å². The van der Waals surface area contributed by atoms with Crippen molar-refractivity contribution in [2.24, 2.45) is 0 Å². The Bertz CT molecular complexity index is 584. The zero-order valence-corrected chi connectivity index (χ0v) is 11.7. The second kappa shape index (κ2) is 6.57. The van der Waals surface area contributed by atoms with E-state index in [0.717, 1.165) is 30.4 Å². The van der Waals surface area contributed by atoms with E-state index < -0.39 is 11.6 Å². The Balaban J connectivity index is 2.41. The van der Waals surface area contributed by atoms with Crippen LogP contribution in [-0.2, 0) is 0 Å². The van der Waals surface area contributed by atoms with E-state index in [4.69, 9.17) is 0 Å². The van der Waals surface area contributed by atoms with Crippen molar-refractivity contribution in [3.63, 3.8) is 0 Å². The Kier molecular flexibility index (Phi) is 4.79. The maximum atomic E-state index is 14.0. The second-order valence-corrected chi connectivity index (χ2v) is 4.76. The molecule has 1 N–H and O–H groups in total. The molecule has 2 nitrogen and oxygen atoms in total. The van der Waals surface area contributed by atoms with E-state index in [2.05, 4.69) is 10.3 Å². The van der Waals surface area contributed by atoms with E-state index in [0.29, 0.717) is 5.56 Å². The second-order valence-electron chi connectivity index (χ2n) is 4.76. The predicted molar refractivity (Wildman–Crippen MR) is 75.5 cm³/mol. The number of nitrogens with zero attached hydrogens (tertiary/aromatic N) is 1. The molecule has 0 aliphatic rings. The number of aromatic nitrogens is 1. The molecule has 0 radical (unpaired) electrons. The zero-order chi connectivity index (χ0) is 14.5. The Morgan fingerprint density at radius 1 is 1.20 bits per heavy atom. The molecular weight excluding hydrogens is 258 g/mol. The Hall–Kier alpha value is -1.81. The number of hydrogen-bond acceptors (Lipinski definition) is 2. The molecule has 0 saturated heterocycles. The van der Waals surface area contributed by atoms with Crippen LogP contribution >= 0.6 is 0 Å². The summed E-state index contributed by atoms with van der Waals surface area (Å²) >= 11 is 0. The van der Waals surface area contributed by atoms with Gasteiger partial charge in [0.05, 0.1) is 11.7 Å². The number of pyridine rings is 1. The highest BCUT2D eigenvalue weighted by atomic mass is 19.1. The maximum absolute atomic E-state index is 14.0. The largest absolute Gasteiger partial charge is 0.305 e. The van der Waals surface area contributed by atoms with Crippen LogP contribution < -0.4 is 5.32 Å². The molecule has 1 aromatic carbocycles. The fourth-order valence-corrected chi connectivity index (χ4v) is 2.12. The summed E-state index contributed by atoms with van der Waals surface area (Å²) in [6.45, 7) is 4.66. The SMILES string of the molecule is CCCNC(c1cccc(C)n1)c1ccc(F)cc1F. The first-order valence-corrected chi connectivity index (χ1v) is 6.73. The molecule has 1 aromatic heterocycles. The molecule has 2 aromatic rings. The molecule has 2 rings (SSSR count). The van der Waals surface area contributed by atoms with Gasteiger partial charge in [-0.2, -0.15) is 0 Å². The molecule has 1 heterocycles. The highest BCUT2D eigenvalue weighted by molar-refractivity contribution is 5.30. The van der Waals surface area contributed by atoms with Gasteiger partial charge in [-0.15, -0.1) is 0 Å². The van der Waals surface area contributed by atoms with Crippen LogP contribution in [0.5, 0.6) is 0 Å². The third-order valence-electron chi connectivity index (χ3n) is 3.08. The van der Waals surface area contributed by atoms with Gasteiger partial charge in [-0.1, -0.05) is 19.1 Å². The molecule has 0 aliphatic carbocycles. The van der Waals surface area contributed by atoms with Crippen LogP contribution in [0.4, 0.5) is 8.78 Å². The molecule has 0 saturated carbocycles. The zero-order valence-electron chi connectivity index (χ0n) is 11.7. The van der Waals surface area contributed by atoms with E-state index in [1.807, 2.05) is 32.0 Å². The first-order chi connectivity index (χ1) is 9.61. The molecule has 20 heavy (non-hydrogen) atoms. The van der Waals surface area contributed by atoms with Gasteiger partial charge >= 0.3 is 0 Å². The average molecular weight is 276 g/mol. The van der Waals surface area contributed by atoms with Crippen LogP contribution in [0.2, 0.25) is 0 Å². The van der Waals surface area contributed by atoms with E-state index in [1.165, 1.54) is 12.1 Å². The molecule has 1 unspecified atom stereocenters. The van der Waals surface area contributed by atoms with Gasteiger partial charge < -0.3 is 5.32 Å².